The average molecular weight is 465 g/mol. The van der Waals surface area contributed by atoms with E-state index in [0.29, 0.717) is 17.5 Å². The van der Waals surface area contributed by atoms with E-state index in [2.05, 4.69) is 52.2 Å². The summed E-state index contributed by atoms with van der Waals surface area (Å²) in [4.78, 5) is 15.4. The SMILES string of the molecule is CC(C)[C@H](N)CNc1c(-c2nc3ccc(N4CCOCC4)cc3[nH]2)cnc2ccc(Cl)cc12. The molecule has 33 heavy (non-hydrogen) atoms. The summed E-state index contributed by atoms with van der Waals surface area (Å²) in [6.45, 7) is 8.19. The van der Waals surface area contributed by atoms with Crippen molar-refractivity contribution in [3.05, 3.63) is 47.6 Å². The fourth-order valence-electron chi connectivity index (χ4n) is 4.13. The lowest BCUT2D eigenvalue weighted by Crippen LogP contribution is -2.36. The van der Waals surface area contributed by atoms with Crippen LogP contribution in [0.1, 0.15) is 13.8 Å². The van der Waals surface area contributed by atoms with E-state index in [1.165, 1.54) is 5.69 Å². The highest BCUT2D eigenvalue weighted by molar-refractivity contribution is 6.31. The Morgan fingerprint density at radius 2 is 1.94 bits per heavy atom. The van der Waals surface area contributed by atoms with Gasteiger partial charge in [-0.25, -0.2) is 4.98 Å². The van der Waals surface area contributed by atoms with E-state index < -0.39 is 0 Å². The molecule has 7 nitrogen and oxygen atoms in total. The maximum atomic E-state index is 6.34. The van der Waals surface area contributed by atoms with Crippen molar-refractivity contribution in [3.63, 3.8) is 0 Å². The topological polar surface area (TPSA) is 92.1 Å². The molecule has 8 heteroatoms. The summed E-state index contributed by atoms with van der Waals surface area (Å²) in [6, 6.07) is 12.1. The molecular formula is C25H29ClN6O. The van der Waals surface area contributed by atoms with Gasteiger partial charge < -0.3 is 25.7 Å². The van der Waals surface area contributed by atoms with Gasteiger partial charge in [-0.15, -0.1) is 0 Å². The van der Waals surface area contributed by atoms with E-state index in [0.717, 1.165) is 65.3 Å². The van der Waals surface area contributed by atoms with Crippen molar-refractivity contribution in [3.8, 4) is 11.4 Å². The number of hydrogen-bond acceptors (Lipinski definition) is 6. The summed E-state index contributed by atoms with van der Waals surface area (Å²) in [5.74, 6) is 1.13. The molecule has 1 aliphatic rings. The largest absolute Gasteiger partial charge is 0.382 e. The fraction of sp³-hybridized carbons (Fsp3) is 0.360. The molecule has 4 aromatic rings. The summed E-state index contributed by atoms with van der Waals surface area (Å²) in [5.41, 5.74) is 12.1. The third kappa shape index (κ3) is 4.49. The number of aromatic nitrogens is 3. The molecule has 0 bridgehead atoms. The van der Waals surface area contributed by atoms with Crippen molar-refractivity contribution in [2.24, 2.45) is 11.7 Å². The van der Waals surface area contributed by atoms with E-state index in [9.17, 15) is 0 Å². The first-order valence-corrected chi connectivity index (χ1v) is 11.8. The third-order valence-corrected chi connectivity index (χ3v) is 6.53. The van der Waals surface area contributed by atoms with Gasteiger partial charge >= 0.3 is 0 Å². The molecule has 1 aliphatic heterocycles. The minimum Gasteiger partial charge on any atom is -0.382 e. The van der Waals surface area contributed by atoms with Gasteiger partial charge in [0, 0.05) is 48.0 Å². The molecule has 0 spiro atoms. The Balaban J connectivity index is 1.57. The van der Waals surface area contributed by atoms with Gasteiger partial charge in [0.1, 0.15) is 5.82 Å². The first-order chi connectivity index (χ1) is 16.0. The summed E-state index contributed by atoms with van der Waals surface area (Å²) in [5, 5.41) is 5.18. The molecule has 0 unspecified atom stereocenters. The van der Waals surface area contributed by atoms with Crippen LogP contribution in [0.2, 0.25) is 5.02 Å². The normalized spacial score (nSPS) is 15.5. The number of pyridine rings is 1. The van der Waals surface area contributed by atoms with Gasteiger partial charge in [-0.2, -0.15) is 0 Å². The Bertz CT molecular complexity index is 1280. The van der Waals surface area contributed by atoms with Crippen molar-refractivity contribution in [2.45, 2.75) is 19.9 Å². The monoisotopic (exact) mass is 464 g/mol. The number of benzene rings is 2. The van der Waals surface area contributed by atoms with Gasteiger partial charge in [0.25, 0.3) is 0 Å². The Kier molecular flexibility index (Phi) is 6.10. The van der Waals surface area contributed by atoms with Crippen LogP contribution in [0.15, 0.2) is 42.6 Å². The standard InChI is InChI=1S/C25H29ClN6O/c1-15(2)20(27)14-29-24-18-11-16(26)3-5-21(18)28-13-19(24)25-30-22-6-4-17(12-23(22)31-25)32-7-9-33-10-8-32/h3-6,11-13,15,20H,7-10,14,27H2,1-2H3,(H,28,29)(H,30,31)/t20-/m1/s1. The van der Waals surface area contributed by atoms with Crippen LogP contribution in [0.4, 0.5) is 11.4 Å². The Morgan fingerprint density at radius 1 is 1.15 bits per heavy atom. The number of imidazole rings is 1. The van der Waals surface area contributed by atoms with Crippen molar-refractivity contribution in [1.82, 2.24) is 15.0 Å². The van der Waals surface area contributed by atoms with Crippen LogP contribution in [-0.4, -0.2) is 53.8 Å². The predicted molar refractivity (Wildman–Crippen MR) is 136 cm³/mol. The lowest BCUT2D eigenvalue weighted by atomic mass is 10.0. The number of anilines is 2. The maximum Gasteiger partial charge on any atom is 0.142 e. The molecular weight excluding hydrogens is 436 g/mol. The highest BCUT2D eigenvalue weighted by atomic mass is 35.5. The lowest BCUT2D eigenvalue weighted by molar-refractivity contribution is 0.122. The molecule has 1 saturated heterocycles. The van der Waals surface area contributed by atoms with E-state index >= 15 is 0 Å². The van der Waals surface area contributed by atoms with Gasteiger partial charge in [-0.1, -0.05) is 25.4 Å². The molecule has 3 heterocycles. The third-order valence-electron chi connectivity index (χ3n) is 6.30. The molecule has 2 aromatic carbocycles. The number of nitrogens with zero attached hydrogens (tertiary/aromatic N) is 3. The summed E-state index contributed by atoms with van der Waals surface area (Å²) < 4.78 is 5.49. The van der Waals surface area contributed by atoms with Crippen LogP contribution in [0, 0.1) is 5.92 Å². The fourth-order valence-corrected chi connectivity index (χ4v) is 4.31. The van der Waals surface area contributed by atoms with Crippen molar-refractivity contribution >= 4 is 44.9 Å². The number of rotatable bonds is 6. The molecule has 2 aromatic heterocycles. The molecule has 172 valence electrons. The second kappa shape index (κ2) is 9.17. The summed E-state index contributed by atoms with van der Waals surface area (Å²) in [7, 11) is 0. The quantitative estimate of drug-likeness (QED) is 0.384. The second-order valence-corrected chi connectivity index (χ2v) is 9.32. The Hall–Kier alpha value is -2.87. The maximum absolute atomic E-state index is 6.34. The summed E-state index contributed by atoms with van der Waals surface area (Å²) in [6.07, 6.45) is 1.86. The van der Waals surface area contributed by atoms with Crippen molar-refractivity contribution in [1.29, 1.82) is 0 Å². The minimum atomic E-state index is 0.0204. The van der Waals surface area contributed by atoms with E-state index in [4.69, 9.17) is 27.1 Å². The van der Waals surface area contributed by atoms with Crippen LogP contribution in [-0.2, 0) is 4.74 Å². The van der Waals surface area contributed by atoms with Crippen LogP contribution in [0.5, 0.6) is 0 Å². The Labute approximate surface area is 198 Å². The molecule has 1 fully saturated rings. The highest BCUT2D eigenvalue weighted by Gasteiger charge is 2.18. The van der Waals surface area contributed by atoms with Gasteiger partial charge in [-0.05, 0) is 42.3 Å². The number of fused-ring (bicyclic) bond motifs is 2. The molecule has 0 amide bonds. The zero-order valence-electron chi connectivity index (χ0n) is 18.9. The number of H-pyrrole nitrogens is 1. The molecule has 0 radical (unpaired) electrons. The zero-order valence-corrected chi connectivity index (χ0v) is 19.7. The van der Waals surface area contributed by atoms with Gasteiger partial charge in [0.15, 0.2) is 0 Å². The van der Waals surface area contributed by atoms with Gasteiger partial charge in [-0.3, -0.25) is 4.98 Å². The van der Waals surface area contributed by atoms with Gasteiger partial charge in [0.2, 0.25) is 0 Å². The van der Waals surface area contributed by atoms with Crippen LogP contribution in [0.3, 0.4) is 0 Å². The minimum absolute atomic E-state index is 0.0204. The van der Waals surface area contributed by atoms with Crippen LogP contribution < -0.4 is 16.0 Å². The molecule has 0 aliphatic carbocycles. The number of aromatic amines is 1. The van der Waals surface area contributed by atoms with E-state index in [-0.39, 0.29) is 6.04 Å². The first kappa shape index (κ1) is 21.9. The van der Waals surface area contributed by atoms with Gasteiger partial charge in [0.05, 0.1) is 41.0 Å². The van der Waals surface area contributed by atoms with Crippen molar-refractivity contribution < 1.29 is 4.74 Å². The molecule has 4 N–H and O–H groups in total. The summed E-state index contributed by atoms with van der Waals surface area (Å²) >= 11 is 6.34. The molecule has 0 saturated carbocycles. The number of morpholine rings is 1. The second-order valence-electron chi connectivity index (χ2n) is 8.88. The predicted octanol–water partition coefficient (Wildman–Crippen LogP) is 4.66. The molecule has 1 atom stereocenters. The first-order valence-electron chi connectivity index (χ1n) is 11.4. The zero-order chi connectivity index (χ0) is 22.9. The number of nitrogens with two attached hydrogens (primary N) is 1. The number of ether oxygens (including phenoxy) is 1. The Morgan fingerprint density at radius 3 is 2.73 bits per heavy atom. The highest BCUT2D eigenvalue weighted by Crippen LogP contribution is 2.35. The number of hydrogen-bond donors (Lipinski definition) is 3. The number of nitrogens with one attached hydrogen (secondary N) is 2. The van der Waals surface area contributed by atoms with Crippen molar-refractivity contribution in [2.75, 3.05) is 43.1 Å². The lowest BCUT2D eigenvalue weighted by Gasteiger charge is -2.28. The average Bonchev–Trinajstić information content (AvgIpc) is 3.25. The van der Waals surface area contributed by atoms with E-state index in [1.807, 2.05) is 24.4 Å². The van der Waals surface area contributed by atoms with E-state index in [1.54, 1.807) is 0 Å². The number of halogens is 1. The van der Waals surface area contributed by atoms with Crippen LogP contribution >= 0.6 is 11.6 Å². The van der Waals surface area contributed by atoms with Crippen LogP contribution in [0.25, 0.3) is 33.3 Å². The smallest absolute Gasteiger partial charge is 0.142 e. The molecule has 5 rings (SSSR count).